The van der Waals surface area contributed by atoms with Crippen LogP contribution in [0.15, 0.2) is 30.5 Å². The lowest BCUT2D eigenvalue weighted by molar-refractivity contribution is 0.0984. The van der Waals surface area contributed by atoms with Crippen LogP contribution in [0.1, 0.15) is 23.4 Å². The third-order valence-electron chi connectivity index (χ3n) is 5.26. The van der Waals surface area contributed by atoms with Crippen LogP contribution < -0.4 is 0 Å². The SMILES string of the molecule is Fc1c(-c2ccc3c(c2)CCOC3)ccn2c(CC3CC3(F)F)nnc12. The highest BCUT2D eigenvalue weighted by atomic mass is 19.3. The Kier molecular flexibility index (Phi) is 3.37. The molecule has 0 N–H and O–H groups in total. The maximum absolute atomic E-state index is 15.0. The minimum Gasteiger partial charge on any atom is -0.376 e. The lowest BCUT2D eigenvalue weighted by Gasteiger charge is -2.17. The van der Waals surface area contributed by atoms with E-state index in [9.17, 15) is 8.78 Å². The van der Waals surface area contributed by atoms with E-state index in [4.69, 9.17) is 4.74 Å². The highest BCUT2D eigenvalue weighted by Gasteiger charge is 2.56. The number of ether oxygens (including phenoxy) is 1. The molecule has 2 aliphatic rings. The maximum Gasteiger partial charge on any atom is 0.252 e. The Balaban J connectivity index is 1.52. The zero-order chi connectivity index (χ0) is 17.9. The first-order valence-corrected chi connectivity index (χ1v) is 8.63. The summed E-state index contributed by atoms with van der Waals surface area (Å²) in [6.07, 6.45) is 2.43. The van der Waals surface area contributed by atoms with Gasteiger partial charge < -0.3 is 4.74 Å². The predicted molar refractivity (Wildman–Crippen MR) is 88.5 cm³/mol. The van der Waals surface area contributed by atoms with Crippen molar-refractivity contribution < 1.29 is 17.9 Å². The molecule has 1 aliphatic carbocycles. The fourth-order valence-corrected chi connectivity index (χ4v) is 3.58. The summed E-state index contributed by atoms with van der Waals surface area (Å²) < 4.78 is 48.2. The van der Waals surface area contributed by atoms with Crippen molar-refractivity contribution in [1.82, 2.24) is 14.6 Å². The molecule has 0 spiro atoms. The van der Waals surface area contributed by atoms with E-state index < -0.39 is 17.7 Å². The minimum absolute atomic E-state index is 0.0718. The zero-order valence-corrected chi connectivity index (χ0v) is 13.9. The van der Waals surface area contributed by atoms with Gasteiger partial charge in [0.1, 0.15) is 5.82 Å². The van der Waals surface area contributed by atoms with Gasteiger partial charge in [-0.15, -0.1) is 10.2 Å². The van der Waals surface area contributed by atoms with Crippen LogP contribution in [-0.2, 0) is 24.2 Å². The molecular weight excluding hydrogens is 343 g/mol. The van der Waals surface area contributed by atoms with Gasteiger partial charge in [-0.3, -0.25) is 4.40 Å². The van der Waals surface area contributed by atoms with Crippen molar-refractivity contribution in [2.75, 3.05) is 6.61 Å². The van der Waals surface area contributed by atoms with Gasteiger partial charge in [-0.25, -0.2) is 13.2 Å². The standard InChI is InChI=1S/C19H16F3N3O/c20-17-15(12-1-2-13-10-26-6-4-11(13)7-12)3-5-25-16(23-24-18(17)25)8-14-9-19(14,21)22/h1-3,5,7,14H,4,6,8-10H2. The third kappa shape index (κ3) is 2.49. The molecule has 1 aliphatic heterocycles. The Morgan fingerprint density at radius 3 is 2.85 bits per heavy atom. The van der Waals surface area contributed by atoms with Crippen LogP contribution in [0.2, 0.25) is 0 Å². The van der Waals surface area contributed by atoms with Crippen molar-refractivity contribution in [2.45, 2.75) is 31.8 Å². The summed E-state index contributed by atoms with van der Waals surface area (Å²) in [6, 6.07) is 7.46. The highest BCUT2D eigenvalue weighted by molar-refractivity contribution is 5.69. The number of pyridine rings is 1. The minimum atomic E-state index is -2.63. The largest absolute Gasteiger partial charge is 0.376 e. The topological polar surface area (TPSA) is 39.4 Å². The van der Waals surface area contributed by atoms with E-state index in [-0.39, 0.29) is 18.5 Å². The molecule has 1 atom stereocenters. The number of benzene rings is 1. The summed E-state index contributed by atoms with van der Waals surface area (Å²) in [5, 5.41) is 7.82. The second kappa shape index (κ2) is 5.54. The second-order valence-corrected chi connectivity index (χ2v) is 7.01. The average Bonchev–Trinajstić information content (AvgIpc) is 3.04. The maximum atomic E-state index is 15.0. The first kappa shape index (κ1) is 15.8. The van der Waals surface area contributed by atoms with E-state index in [1.54, 1.807) is 12.3 Å². The molecule has 3 aromatic rings. The molecule has 1 aromatic carbocycles. The smallest absolute Gasteiger partial charge is 0.252 e. The van der Waals surface area contributed by atoms with Gasteiger partial charge in [0.25, 0.3) is 5.92 Å². The number of hydrogen-bond acceptors (Lipinski definition) is 3. The van der Waals surface area contributed by atoms with Gasteiger partial charge in [-0.1, -0.05) is 18.2 Å². The Morgan fingerprint density at radius 2 is 2.04 bits per heavy atom. The Bertz CT molecular complexity index is 1010. The Labute approximate surface area is 147 Å². The van der Waals surface area contributed by atoms with Crippen molar-refractivity contribution in [1.29, 1.82) is 0 Å². The molecule has 0 bridgehead atoms. The number of rotatable bonds is 3. The summed E-state index contributed by atoms with van der Waals surface area (Å²) in [5.41, 5.74) is 3.55. The average molecular weight is 359 g/mol. The van der Waals surface area contributed by atoms with Gasteiger partial charge in [0, 0.05) is 30.5 Å². The van der Waals surface area contributed by atoms with E-state index in [0.717, 1.165) is 23.1 Å². The molecule has 7 heteroatoms. The van der Waals surface area contributed by atoms with E-state index >= 15 is 4.39 Å². The first-order chi connectivity index (χ1) is 12.5. The van der Waals surface area contributed by atoms with Crippen LogP contribution in [-0.4, -0.2) is 27.1 Å². The van der Waals surface area contributed by atoms with Crippen molar-refractivity contribution >= 4 is 5.65 Å². The number of aromatic nitrogens is 3. The molecule has 0 amide bonds. The lowest BCUT2D eigenvalue weighted by atomic mass is 9.97. The number of halogens is 3. The van der Waals surface area contributed by atoms with Crippen molar-refractivity contribution in [3.63, 3.8) is 0 Å². The quantitative estimate of drug-likeness (QED) is 0.714. The van der Waals surface area contributed by atoms with E-state index in [1.807, 2.05) is 18.2 Å². The van der Waals surface area contributed by atoms with Crippen molar-refractivity contribution in [3.05, 3.63) is 53.2 Å². The zero-order valence-electron chi connectivity index (χ0n) is 13.9. The van der Waals surface area contributed by atoms with Gasteiger partial charge in [-0.2, -0.15) is 0 Å². The summed E-state index contributed by atoms with van der Waals surface area (Å²) in [5.74, 6) is -3.46. The van der Waals surface area contributed by atoms with Crippen LogP contribution in [0, 0.1) is 11.7 Å². The lowest BCUT2D eigenvalue weighted by Crippen LogP contribution is -2.09. The highest BCUT2D eigenvalue weighted by Crippen LogP contribution is 2.50. The summed E-state index contributed by atoms with van der Waals surface area (Å²) in [6.45, 7) is 1.24. The molecule has 0 radical (unpaired) electrons. The molecule has 5 rings (SSSR count). The molecule has 26 heavy (non-hydrogen) atoms. The fourth-order valence-electron chi connectivity index (χ4n) is 3.58. The number of alkyl halides is 2. The summed E-state index contributed by atoms with van der Waals surface area (Å²) >= 11 is 0. The number of hydrogen-bond donors (Lipinski definition) is 0. The monoisotopic (exact) mass is 359 g/mol. The van der Waals surface area contributed by atoms with Gasteiger partial charge in [0.15, 0.2) is 11.5 Å². The number of nitrogens with zero attached hydrogens (tertiary/aromatic N) is 3. The van der Waals surface area contributed by atoms with Crippen LogP contribution in [0.25, 0.3) is 16.8 Å². The summed E-state index contributed by atoms with van der Waals surface area (Å²) in [4.78, 5) is 0. The molecule has 4 nitrogen and oxygen atoms in total. The Morgan fingerprint density at radius 1 is 1.19 bits per heavy atom. The molecule has 1 saturated carbocycles. The molecule has 0 saturated heterocycles. The summed E-state index contributed by atoms with van der Waals surface area (Å²) in [7, 11) is 0. The first-order valence-electron chi connectivity index (χ1n) is 8.63. The molecular formula is C19H16F3N3O. The van der Waals surface area contributed by atoms with Crippen molar-refractivity contribution in [2.24, 2.45) is 5.92 Å². The van der Waals surface area contributed by atoms with Crippen molar-refractivity contribution in [3.8, 4) is 11.1 Å². The van der Waals surface area contributed by atoms with Crippen LogP contribution in [0.5, 0.6) is 0 Å². The van der Waals surface area contributed by atoms with Gasteiger partial charge >= 0.3 is 0 Å². The Hall–Kier alpha value is -2.41. The second-order valence-electron chi connectivity index (χ2n) is 7.01. The van der Waals surface area contributed by atoms with E-state index in [0.29, 0.717) is 24.6 Å². The van der Waals surface area contributed by atoms with Gasteiger partial charge in [0.05, 0.1) is 13.2 Å². The van der Waals surface area contributed by atoms with Gasteiger partial charge in [-0.05, 0) is 29.2 Å². The molecule has 3 heterocycles. The fraction of sp³-hybridized carbons (Fsp3) is 0.368. The van der Waals surface area contributed by atoms with E-state index in [1.165, 1.54) is 4.40 Å². The third-order valence-corrected chi connectivity index (χ3v) is 5.26. The van der Waals surface area contributed by atoms with Gasteiger partial charge in [0.2, 0.25) is 0 Å². The number of fused-ring (bicyclic) bond motifs is 2. The van der Waals surface area contributed by atoms with Crippen LogP contribution in [0.4, 0.5) is 13.2 Å². The predicted octanol–water partition coefficient (Wildman–Crippen LogP) is 3.81. The molecule has 2 aromatic heterocycles. The molecule has 134 valence electrons. The molecule has 1 fully saturated rings. The molecule has 1 unspecified atom stereocenters. The van der Waals surface area contributed by atoms with Crippen LogP contribution in [0.3, 0.4) is 0 Å². The van der Waals surface area contributed by atoms with Crippen LogP contribution >= 0.6 is 0 Å². The van der Waals surface area contributed by atoms with E-state index in [2.05, 4.69) is 10.2 Å². The normalized spacial score (nSPS) is 21.0.